The molecule has 0 radical (unpaired) electrons. The zero-order valence-electron chi connectivity index (χ0n) is 15.5. The molecule has 3 rings (SSSR count). The molecular weight excluding hydrogens is 365 g/mol. The van der Waals surface area contributed by atoms with E-state index in [2.05, 4.69) is 0 Å². The van der Waals surface area contributed by atoms with Crippen molar-refractivity contribution in [2.45, 2.75) is 39.5 Å². The summed E-state index contributed by atoms with van der Waals surface area (Å²) in [5, 5.41) is -0.268. The number of hydrogen-bond donors (Lipinski definition) is 2. The van der Waals surface area contributed by atoms with E-state index in [-0.39, 0.29) is 22.3 Å². The Morgan fingerprint density at radius 2 is 1.70 bits per heavy atom. The van der Waals surface area contributed by atoms with Crippen LogP contribution in [0.5, 0.6) is 0 Å². The van der Waals surface area contributed by atoms with Gasteiger partial charge in [0.15, 0.2) is 0 Å². The van der Waals surface area contributed by atoms with Crippen LogP contribution < -0.4 is 10.2 Å². The number of imide groups is 1. The highest BCUT2D eigenvalue weighted by Crippen LogP contribution is 2.39. The van der Waals surface area contributed by atoms with Gasteiger partial charge in [-0.1, -0.05) is 39.0 Å². The van der Waals surface area contributed by atoms with Gasteiger partial charge in [-0.15, -0.1) is 0 Å². The molecule has 142 valence electrons. The molecule has 0 bridgehead atoms. The van der Waals surface area contributed by atoms with Crippen LogP contribution in [0.1, 0.15) is 65.0 Å². The van der Waals surface area contributed by atoms with Gasteiger partial charge in [-0.2, -0.15) is 0 Å². The topological polar surface area (TPSA) is 94.9 Å². The minimum atomic E-state index is -4.52. The first-order chi connectivity index (χ1) is 12.7. The van der Waals surface area contributed by atoms with Crippen molar-refractivity contribution in [3.05, 3.63) is 58.7 Å². The maximum Gasteiger partial charge on any atom is 0.356 e. The standard InChI is InChI=1S/C20H22NO5P/c1-4-12(3)15-8-6-7-13(5-2)18(15)21-19(22)16-10-9-14(27(24,25)26)11-17(16)20(21)23/h6-12H,4-5H2,1-3H3,(H2,24,25,26). The quantitative estimate of drug-likeness (QED) is 0.606. The van der Waals surface area contributed by atoms with Crippen LogP contribution in [0.3, 0.4) is 0 Å². The van der Waals surface area contributed by atoms with Crippen LogP contribution in [-0.2, 0) is 11.0 Å². The zero-order chi connectivity index (χ0) is 19.9. The summed E-state index contributed by atoms with van der Waals surface area (Å²) in [7, 11) is -4.52. The molecule has 6 nitrogen and oxygen atoms in total. The number of carbonyl (C=O) groups excluding carboxylic acids is 2. The fourth-order valence-corrected chi connectivity index (χ4v) is 3.97. The van der Waals surface area contributed by atoms with Crippen molar-refractivity contribution >= 4 is 30.4 Å². The summed E-state index contributed by atoms with van der Waals surface area (Å²) in [6, 6.07) is 9.40. The number of anilines is 1. The average molecular weight is 387 g/mol. The molecule has 0 saturated heterocycles. The molecule has 0 aliphatic carbocycles. The Bertz CT molecular complexity index is 978. The van der Waals surface area contributed by atoms with Gasteiger partial charge in [-0.05, 0) is 48.1 Å². The molecule has 27 heavy (non-hydrogen) atoms. The van der Waals surface area contributed by atoms with Crippen LogP contribution in [0.2, 0.25) is 0 Å². The average Bonchev–Trinajstić information content (AvgIpc) is 2.89. The summed E-state index contributed by atoms with van der Waals surface area (Å²) in [4.78, 5) is 46.0. The Labute approximate surface area is 158 Å². The van der Waals surface area contributed by atoms with E-state index in [9.17, 15) is 23.9 Å². The Hall–Kier alpha value is -2.27. The first kappa shape index (κ1) is 19.5. The number of benzene rings is 2. The molecule has 0 spiro atoms. The van der Waals surface area contributed by atoms with Gasteiger partial charge >= 0.3 is 7.60 Å². The Morgan fingerprint density at radius 1 is 1.04 bits per heavy atom. The predicted molar refractivity (Wildman–Crippen MR) is 104 cm³/mol. The largest absolute Gasteiger partial charge is 0.356 e. The van der Waals surface area contributed by atoms with Crippen molar-refractivity contribution in [1.29, 1.82) is 0 Å². The number of amides is 2. The van der Waals surface area contributed by atoms with Crippen molar-refractivity contribution < 1.29 is 23.9 Å². The summed E-state index contributed by atoms with van der Waals surface area (Å²) in [5.41, 5.74) is 2.59. The van der Waals surface area contributed by atoms with Crippen molar-refractivity contribution in [3.8, 4) is 0 Å². The molecule has 2 amide bonds. The van der Waals surface area contributed by atoms with Gasteiger partial charge in [0.05, 0.1) is 22.1 Å². The highest BCUT2D eigenvalue weighted by atomic mass is 31.2. The molecule has 0 aromatic heterocycles. The van der Waals surface area contributed by atoms with Crippen molar-refractivity contribution in [3.63, 3.8) is 0 Å². The molecule has 2 N–H and O–H groups in total. The molecule has 1 atom stereocenters. The van der Waals surface area contributed by atoms with Crippen LogP contribution in [0.4, 0.5) is 5.69 Å². The Morgan fingerprint density at radius 3 is 2.30 bits per heavy atom. The number of fused-ring (bicyclic) bond motifs is 1. The lowest BCUT2D eigenvalue weighted by molar-refractivity contribution is 0.0925. The van der Waals surface area contributed by atoms with Crippen LogP contribution in [-0.4, -0.2) is 21.6 Å². The van der Waals surface area contributed by atoms with E-state index in [0.29, 0.717) is 12.1 Å². The SMILES string of the molecule is CCc1cccc(C(C)CC)c1N1C(=O)c2ccc(P(=O)(O)O)cc2C1=O. The van der Waals surface area contributed by atoms with E-state index in [4.69, 9.17) is 0 Å². The van der Waals surface area contributed by atoms with E-state index in [1.54, 1.807) is 0 Å². The second-order valence-electron chi connectivity index (χ2n) is 6.74. The van der Waals surface area contributed by atoms with Gasteiger partial charge in [0.25, 0.3) is 11.8 Å². The fraction of sp³-hybridized carbons (Fsp3) is 0.300. The molecule has 1 heterocycles. The fourth-order valence-electron chi connectivity index (χ4n) is 3.40. The minimum absolute atomic E-state index is 0.0295. The van der Waals surface area contributed by atoms with Crippen LogP contribution >= 0.6 is 7.60 Å². The second kappa shape index (κ2) is 7.04. The van der Waals surface area contributed by atoms with Gasteiger partial charge in [-0.3, -0.25) is 14.2 Å². The second-order valence-corrected chi connectivity index (χ2v) is 8.34. The third-order valence-electron chi connectivity index (χ3n) is 5.11. The van der Waals surface area contributed by atoms with E-state index in [1.807, 2.05) is 39.0 Å². The molecule has 7 heteroatoms. The van der Waals surface area contributed by atoms with Gasteiger partial charge in [0.2, 0.25) is 0 Å². The van der Waals surface area contributed by atoms with Gasteiger partial charge in [0.1, 0.15) is 0 Å². The number of aryl methyl sites for hydroxylation is 1. The normalized spacial score (nSPS) is 15.2. The summed E-state index contributed by atoms with van der Waals surface area (Å²) in [6.45, 7) is 6.05. The molecule has 0 fully saturated rings. The smallest absolute Gasteiger partial charge is 0.321 e. The molecular formula is C20H22NO5P. The molecule has 1 aliphatic rings. The van der Waals surface area contributed by atoms with E-state index in [1.165, 1.54) is 12.1 Å². The Kier molecular flexibility index (Phi) is 5.08. The predicted octanol–water partition coefficient (Wildman–Crippen LogP) is 3.37. The van der Waals surface area contributed by atoms with Crippen molar-refractivity contribution in [1.82, 2.24) is 0 Å². The van der Waals surface area contributed by atoms with E-state index >= 15 is 0 Å². The molecule has 0 saturated carbocycles. The van der Waals surface area contributed by atoms with Gasteiger partial charge in [0, 0.05) is 0 Å². The van der Waals surface area contributed by atoms with E-state index in [0.717, 1.165) is 28.5 Å². The number of carbonyl (C=O) groups is 2. The molecule has 2 aromatic rings. The number of para-hydroxylation sites is 1. The van der Waals surface area contributed by atoms with Gasteiger partial charge in [-0.25, -0.2) is 4.90 Å². The summed E-state index contributed by atoms with van der Waals surface area (Å²) in [6.07, 6.45) is 1.51. The Balaban J connectivity index is 2.19. The summed E-state index contributed by atoms with van der Waals surface area (Å²) in [5.74, 6) is -0.852. The lowest BCUT2D eigenvalue weighted by atomic mass is 9.93. The molecule has 1 aliphatic heterocycles. The molecule has 2 aromatic carbocycles. The number of nitrogens with zero attached hydrogens (tertiary/aromatic N) is 1. The van der Waals surface area contributed by atoms with Crippen LogP contribution in [0.25, 0.3) is 0 Å². The maximum absolute atomic E-state index is 13.1. The lowest BCUT2D eigenvalue weighted by Gasteiger charge is -2.24. The highest BCUT2D eigenvalue weighted by Gasteiger charge is 2.40. The molecule has 1 unspecified atom stereocenters. The highest BCUT2D eigenvalue weighted by molar-refractivity contribution is 7.60. The summed E-state index contributed by atoms with van der Waals surface area (Å²) >= 11 is 0. The van der Waals surface area contributed by atoms with Crippen molar-refractivity contribution in [2.24, 2.45) is 0 Å². The first-order valence-corrected chi connectivity index (χ1v) is 10.5. The minimum Gasteiger partial charge on any atom is -0.321 e. The van der Waals surface area contributed by atoms with Gasteiger partial charge < -0.3 is 9.79 Å². The first-order valence-electron chi connectivity index (χ1n) is 8.91. The monoisotopic (exact) mass is 387 g/mol. The van der Waals surface area contributed by atoms with Crippen LogP contribution in [0, 0.1) is 0 Å². The third-order valence-corrected chi connectivity index (χ3v) is 6.06. The summed E-state index contributed by atoms with van der Waals surface area (Å²) < 4.78 is 11.5. The lowest BCUT2D eigenvalue weighted by Crippen LogP contribution is -2.31. The number of rotatable bonds is 5. The third kappa shape index (κ3) is 3.25. The van der Waals surface area contributed by atoms with Crippen molar-refractivity contribution in [2.75, 3.05) is 4.90 Å². The maximum atomic E-state index is 13.1. The van der Waals surface area contributed by atoms with Crippen LogP contribution in [0.15, 0.2) is 36.4 Å². The zero-order valence-corrected chi connectivity index (χ0v) is 16.4. The number of hydrogen-bond acceptors (Lipinski definition) is 3. The van der Waals surface area contributed by atoms with E-state index < -0.39 is 19.4 Å².